The summed E-state index contributed by atoms with van der Waals surface area (Å²) in [6, 6.07) is 1.05. The first-order valence-corrected chi connectivity index (χ1v) is 11.3. The normalized spacial score (nSPS) is 17.9. The van der Waals surface area contributed by atoms with Gasteiger partial charge < -0.3 is 10.4 Å². The van der Waals surface area contributed by atoms with Crippen LogP contribution in [0.4, 0.5) is 8.78 Å². The fraction of sp³-hybridized carbons (Fsp3) is 0.545. The molecule has 1 amide bonds. The van der Waals surface area contributed by atoms with E-state index in [1.165, 1.54) is 16.8 Å². The van der Waals surface area contributed by atoms with Crippen LogP contribution in [0.1, 0.15) is 71.5 Å². The SMILES string of the molecule is Cc1nonc1C(=O)N[C@H](c1cn2ncc(C(CC(F)F)C(=O)O)cc2n1)C(C1CC1)C1CC1. The van der Waals surface area contributed by atoms with Gasteiger partial charge in [-0.05, 0) is 67.1 Å². The van der Waals surface area contributed by atoms with Gasteiger partial charge in [0.05, 0.1) is 30.0 Å². The van der Waals surface area contributed by atoms with E-state index in [0.29, 0.717) is 28.9 Å². The molecule has 2 saturated carbocycles. The number of carboxylic acids is 1. The Balaban J connectivity index is 1.49. The molecular formula is C22H24F2N6O4. The van der Waals surface area contributed by atoms with Crippen molar-refractivity contribution in [3.05, 3.63) is 41.1 Å². The smallest absolute Gasteiger partial charge is 0.311 e. The summed E-state index contributed by atoms with van der Waals surface area (Å²) in [7, 11) is 0. The second kappa shape index (κ2) is 8.73. The van der Waals surface area contributed by atoms with E-state index in [9.17, 15) is 23.5 Å². The Morgan fingerprint density at radius 1 is 1.24 bits per heavy atom. The minimum absolute atomic E-state index is 0.107. The van der Waals surface area contributed by atoms with Crippen LogP contribution in [0, 0.1) is 24.7 Å². The Morgan fingerprint density at radius 3 is 2.50 bits per heavy atom. The maximum atomic E-state index is 13.0. The van der Waals surface area contributed by atoms with Crippen LogP contribution < -0.4 is 5.32 Å². The summed E-state index contributed by atoms with van der Waals surface area (Å²) in [5, 5.41) is 24.1. The molecule has 0 saturated heterocycles. The topological polar surface area (TPSA) is 136 Å². The molecule has 2 atom stereocenters. The van der Waals surface area contributed by atoms with Gasteiger partial charge >= 0.3 is 5.97 Å². The molecule has 0 aliphatic heterocycles. The van der Waals surface area contributed by atoms with E-state index < -0.39 is 36.7 Å². The van der Waals surface area contributed by atoms with Gasteiger partial charge in [0, 0.05) is 6.42 Å². The highest BCUT2D eigenvalue weighted by molar-refractivity contribution is 5.93. The molecule has 2 aliphatic carbocycles. The average Bonchev–Trinajstić information content (AvgIpc) is 3.72. The third-order valence-electron chi connectivity index (χ3n) is 6.66. The summed E-state index contributed by atoms with van der Waals surface area (Å²) in [4.78, 5) is 29.2. The Hall–Kier alpha value is -3.44. The van der Waals surface area contributed by atoms with Gasteiger partial charge in [0.15, 0.2) is 11.3 Å². The molecule has 0 aromatic carbocycles. The lowest BCUT2D eigenvalue weighted by Gasteiger charge is -2.26. The van der Waals surface area contributed by atoms with Crippen molar-refractivity contribution in [3.63, 3.8) is 0 Å². The third-order valence-corrected chi connectivity index (χ3v) is 6.66. The first kappa shape index (κ1) is 22.4. The number of carbonyl (C=O) groups is 2. The van der Waals surface area contributed by atoms with Gasteiger partial charge in [-0.3, -0.25) is 9.59 Å². The van der Waals surface area contributed by atoms with E-state index in [-0.39, 0.29) is 17.2 Å². The van der Waals surface area contributed by atoms with Crippen molar-refractivity contribution in [2.24, 2.45) is 17.8 Å². The molecule has 3 heterocycles. The molecule has 10 nitrogen and oxygen atoms in total. The van der Waals surface area contributed by atoms with Gasteiger partial charge in [0.1, 0.15) is 5.69 Å². The molecule has 2 aliphatic rings. The Morgan fingerprint density at radius 2 is 1.94 bits per heavy atom. The minimum atomic E-state index is -2.76. The number of nitrogens with zero attached hydrogens (tertiary/aromatic N) is 5. The Labute approximate surface area is 192 Å². The Bertz CT molecular complexity index is 1210. The second-order valence-electron chi connectivity index (χ2n) is 9.18. The van der Waals surface area contributed by atoms with Crippen molar-refractivity contribution in [1.29, 1.82) is 0 Å². The quantitative estimate of drug-likeness (QED) is 0.457. The van der Waals surface area contributed by atoms with Crippen molar-refractivity contribution < 1.29 is 28.1 Å². The van der Waals surface area contributed by atoms with Crippen molar-refractivity contribution in [1.82, 2.24) is 30.2 Å². The van der Waals surface area contributed by atoms with Gasteiger partial charge in [-0.15, -0.1) is 0 Å². The molecular weight excluding hydrogens is 450 g/mol. The first-order valence-electron chi connectivity index (χ1n) is 11.3. The highest BCUT2D eigenvalue weighted by Gasteiger charge is 2.47. The number of aryl methyl sites for hydroxylation is 1. The number of imidazole rings is 1. The first-order chi connectivity index (χ1) is 16.3. The molecule has 3 aromatic heterocycles. The molecule has 0 bridgehead atoms. The predicted octanol–water partition coefficient (Wildman–Crippen LogP) is 3.15. The van der Waals surface area contributed by atoms with Crippen LogP contribution in [0.15, 0.2) is 23.1 Å². The third kappa shape index (κ3) is 4.48. The molecule has 0 radical (unpaired) electrons. The maximum absolute atomic E-state index is 13.0. The van der Waals surface area contributed by atoms with Gasteiger partial charge in [-0.1, -0.05) is 5.16 Å². The number of aliphatic carboxylic acids is 1. The van der Waals surface area contributed by atoms with E-state index in [1.807, 2.05) is 0 Å². The zero-order valence-corrected chi connectivity index (χ0v) is 18.4. The van der Waals surface area contributed by atoms with Crippen molar-refractivity contribution >= 4 is 17.5 Å². The molecule has 0 spiro atoms. The standard InChI is InChI=1S/C22H24F2N6O4/c1-10-19(29-34-28-10)21(31)27-20(18(11-2-3-11)12-4-5-12)15-9-30-17(26-15)6-13(8-25-30)14(22(32)33)7-16(23)24/h6,8-9,11-12,14,16,18,20H,2-5,7H2,1H3,(H,27,31)(H,32,33)/t14?,20-/m1/s1. The predicted molar refractivity (Wildman–Crippen MR) is 112 cm³/mol. The van der Waals surface area contributed by atoms with Crippen molar-refractivity contribution in [2.45, 2.75) is 57.4 Å². The van der Waals surface area contributed by atoms with Crippen molar-refractivity contribution in [2.75, 3.05) is 0 Å². The summed E-state index contributed by atoms with van der Waals surface area (Å²) in [6.07, 6.45) is 3.73. The molecule has 2 fully saturated rings. The zero-order valence-electron chi connectivity index (χ0n) is 18.4. The minimum Gasteiger partial charge on any atom is -0.481 e. The highest BCUT2D eigenvalue weighted by atomic mass is 19.3. The number of amides is 1. The molecule has 5 rings (SSSR count). The lowest BCUT2D eigenvalue weighted by molar-refractivity contribution is -0.139. The maximum Gasteiger partial charge on any atom is 0.311 e. The number of hydrogen-bond donors (Lipinski definition) is 2. The summed E-state index contributed by atoms with van der Waals surface area (Å²) in [5.41, 5.74) is 1.55. The zero-order chi connectivity index (χ0) is 24.0. The van der Waals surface area contributed by atoms with Gasteiger partial charge in [0.2, 0.25) is 6.43 Å². The van der Waals surface area contributed by atoms with Crippen LogP contribution in [0.25, 0.3) is 5.65 Å². The van der Waals surface area contributed by atoms with Crippen LogP contribution in [-0.2, 0) is 4.79 Å². The van der Waals surface area contributed by atoms with Crippen LogP contribution in [0.5, 0.6) is 0 Å². The summed E-state index contributed by atoms with van der Waals surface area (Å²) < 4.78 is 32.0. The fourth-order valence-corrected chi connectivity index (χ4v) is 4.71. The number of fused-ring (bicyclic) bond motifs is 1. The van der Waals surface area contributed by atoms with E-state index in [0.717, 1.165) is 25.7 Å². The number of hydrogen-bond acceptors (Lipinski definition) is 7. The molecule has 3 aromatic rings. The summed E-state index contributed by atoms with van der Waals surface area (Å²) in [5.74, 6) is -2.00. The van der Waals surface area contributed by atoms with Gasteiger partial charge in [-0.25, -0.2) is 22.9 Å². The van der Waals surface area contributed by atoms with E-state index >= 15 is 0 Å². The highest BCUT2D eigenvalue weighted by Crippen LogP contribution is 2.54. The number of rotatable bonds is 10. The number of alkyl halides is 2. The van der Waals surface area contributed by atoms with Crippen LogP contribution >= 0.6 is 0 Å². The fourth-order valence-electron chi connectivity index (χ4n) is 4.71. The van der Waals surface area contributed by atoms with Gasteiger partial charge in [0.25, 0.3) is 5.91 Å². The van der Waals surface area contributed by atoms with Crippen LogP contribution in [-0.4, -0.2) is 48.3 Å². The molecule has 34 heavy (non-hydrogen) atoms. The van der Waals surface area contributed by atoms with E-state index in [2.05, 4.69) is 30.3 Å². The molecule has 2 N–H and O–H groups in total. The summed E-state index contributed by atoms with van der Waals surface area (Å²) in [6.45, 7) is 1.63. The number of carbonyl (C=O) groups excluding carboxylic acids is 1. The summed E-state index contributed by atoms with van der Waals surface area (Å²) >= 11 is 0. The van der Waals surface area contributed by atoms with Crippen molar-refractivity contribution in [3.8, 4) is 0 Å². The Kier molecular flexibility index (Phi) is 5.74. The lowest BCUT2D eigenvalue weighted by Crippen LogP contribution is -2.36. The lowest BCUT2D eigenvalue weighted by atomic mass is 9.87. The van der Waals surface area contributed by atoms with E-state index in [1.54, 1.807) is 13.1 Å². The van der Waals surface area contributed by atoms with Gasteiger partial charge in [-0.2, -0.15) is 5.10 Å². The monoisotopic (exact) mass is 474 g/mol. The average molecular weight is 474 g/mol. The van der Waals surface area contributed by atoms with Crippen LogP contribution in [0.3, 0.4) is 0 Å². The second-order valence-corrected chi connectivity index (χ2v) is 9.18. The number of nitrogens with one attached hydrogen (secondary N) is 1. The molecule has 1 unspecified atom stereocenters. The number of carboxylic acid groups (broad SMARTS) is 1. The number of aromatic nitrogens is 5. The molecule has 12 heteroatoms. The molecule has 180 valence electrons. The van der Waals surface area contributed by atoms with Crippen LogP contribution in [0.2, 0.25) is 0 Å². The van der Waals surface area contributed by atoms with E-state index in [4.69, 9.17) is 0 Å². The largest absolute Gasteiger partial charge is 0.481 e. The number of halogens is 2.